The fourth-order valence-electron chi connectivity index (χ4n) is 1.82. The van der Waals surface area contributed by atoms with E-state index in [1.54, 1.807) is 0 Å². The third-order valence-electron chi connectivity index (χ3n) is 2.57. The molecule has 0 spiro atoms. The Morgan fingerprint density at radius 3 is 2.50 bits per heavy atom. The summed E-state index contributed by atoms with van der Waals surface area (Å²) in [6, 6.07) is 7.65. The zero-order valence-corrected chi connectivity index (χ0v) is 12.0. The zero-order valence-electron chi connectivity index (χ0n) is 10.4. The van der Waals surface area contributed by atoms with Crippen LogP contribution in [0.5, 0.6) is 0 Å². The summed E-state index contributed by atoms with van der Waals surface area (Å²) in [6.07, 6.45) is 0. The topological polar surface area (TPSA) is 34.4 Å². The van der Waals surface area contributed by atoms with Gasteiger partial charge in [-0.2, -0.15) is 4.99 Å². The minimum Gasteiger partial charge on any atom is -0.319 e. The highest BCUT2D eigenvalue weighted by Crippen LogP contribution is 2.25. The first kappa shape index (κ1) is 13.1. The Labute approximate surface area is 114 Å². The highest BCUT2D eigenvalue weighted by atomic mass is 35.5. The number of halogens is 1. The number of nitrogens with zero attached hydrogens (tertiary/aromatic N) is 2. The Morgan fingerprint density at radius 1 is 1.33 bits per heavy atom. The molecule has 0 atom stereocenters. The highest BCUT2D eigenvalue weighted by molar-refractivity contribution is 7.09. The van der Waals surface area contributed by atoms with Crippen molar-refractivity contribution in [3.8, 4) is 11.3 Å². The van der Waals surface area contributed by atoms with Crippen LogP contribution in [-0.2, 0) is 11.8 Å². The van der Waals surface area contributed by atoms with Crippen molar-refractivity contribution in [3.05, 3.63) is 39.0 Å². The molecule has 18 heavy (non-hydrogen) atoms. The van der Waals surface area contributed by atoms with Crippen molar-refractivity contribution in [2.75, 3.05) is 0 Å². The van der Waals surface area contributed by atoms with Crippen molar-refractivity contribution in [2.24, 2.45) is 12.0 Å². The molecule has 2 aromatic rings. The van der Waals surface area contributed by atoms with Crippen LogP contribution in [-0.4, -0.2) is 10.5 Å². The van der Waals surface area contributed by atoms with Crippen LogP contribution in [0.4, 0.5) is 0 Å². The molecule has 0 fully saturated rings. The van der Waals surface area contributed by atoms with E-state index in [2.05, 4.69) is 4.99 Å². The quantitative estimate of drug-likeness (QED) is 0.790. The Balaban J connectivity index is 2.62. The average Bonchev–Trinajstić information content (AvgIpc) is 2.55. The van der Waals surface area contributed by atoms with Gasteiger partial charge < -0.3 is 4.57 Å². The number of thiazole rings is 1. The van der Waals surface area contributed by atoms with Crippen LogP contribution in [0.25, 0.3) is 11.3 Å². The van der Waals surface area contributed by atoms with E-state index in [1.165, 1.54) is 18.3 Å². The van der Waals surface area contributed by atoms with Gasteiger partial charge in [0.15, 0.2) is 4.80 Å². The molecule has 1 aromatic carbocycles. The number of hydrogen-bond donors (Lipinski definition) is 0. The normalized spacial score (nSPS) is 11.9. The Hall–Kier alpha value is -1.39. The van der Waals surface area contributed by atoms with Gasteiger partial charge in [0, 0.05) is 23.9 Å². The summed E-state index contributed by atoms with van der Waals surface area (Å²) in [5.74, 6) is -0.186. The Kier molecular flexibility index (Phi) is 3.68. The first-order valence-electron chi connectivity index (χ1n) is 5.46. The van der Waals surface area contributed by atoms with Crippen LogP contribution in [0.1, 0.15) is 11.8 Å². The smallest absolute Gasteiger partial charge is 0.245 e. The van der Waals surface area contributed by atoms with E-state index in [4.69, 9.17) is 11.6 Å². The second-order valence-corrected chi connectivity index (χ2v) is 5.60. The third kappa shape index (κ3) is 2.54. The lowest BCUT2D eigenvalue weighted by atomic mass is 10.1. The standard InChI is InChI=1S/C13H13ClN2OS/c1-8-12(10-4-6-11(14)7-5-10)16(3)13(18-8)15-9(2)17/h4-7H,1-3H3. The molecule has 0 unspecified atom stereocenters. The van der Waals surface area contributed by atoms with Crippen LogP contribution in [0.3, 0.4) is 0 Å². The van der Waals surface area contributed by atoms with Gasteiger partial charge in [0.2, 0.25) is 5.91 Å². The summed E-state index contributed by atoms with van der Waals surface area (Å²) >= 11 is 7.40. The number of rotatable bonds is 1. The second kappa shape index (κ2) is 5.08. The molecule has 1 aromatic heterocycles. The molecule has 0 aliphatic carbocycles. The lowest BCUT2D eigenvalue weighted by Gasteiger charge is -2.04. The Morgan fingerprint density at radius 2 is 1.94 bits per heavy atom. The maximum Gasteiger partial charge on any atom is 0.245 e. The van der Waals surface area contributed by atoms with Gasteiger partial charge in [-0.3, -0.25) is 4.79 Å². The largest absolute Gasteiger partial charge is 0.319 e. The SMILES string of the molecule is CC(=O)N=c1sc(C)c(-c2ccc(Cl)cc2)n1C. The van der Waals surface area contributed by atoms with Gasteiger partial charge in [-0.1, -0.05) is 23.7 Å². The van der Waals surface area contributed by atoms with Crippen LogP contribution in [0.15, 0.2) is 29.3 Å². The van der Waals surface area contributed by atoms with Gasteiger partial charge in [0.1, 0.15) is 0 Å². The lowest BCUT2D eigenvalue weighted by molar-refractivity contribution is -0.116. The van der Waals surface area contributed by atoms with Gasteiger partial charge in [0.25, 0.3) is 0 Å². The van der Waals surface area contributed by atoms with Crippen LogP contribution < -0.4 is 4.80 Å². The van der Waals surface area contributed by atoms with Crippen molar-refractivity contribution in [1.29, 1.82) is 0 Å². The second-order valence-electron chi connectivity index (χ2n) is 3.99. The van der Waals surface area contributed by atoms with E-state index in [0.717, 1.165) is 16.1 Å². The molecule has 0 aliphatic rings. The molecule has 94 valence electrons. The monoisotopic (exact) mass is 280 g/mol. The summed E-state index contributed by atoms with van der Waals surface area (Å²) < 4.78 is 1.94. The molecule has 0 aliphatic heterocycles. The summed E-state index contributed by atoms with van der Waals surface area (Å²) in [5, 5.41) is 0.711. The number of benzene rings is 1. The van der Waals surface area contributed by atoms with E-state index < -0.39 is 0 Å². The molecule has 1 amide bonds. The van der Waals surface area contributed by atoms with E-state index in [9.17, 15) is 4.79 Å². The van der Waals surface area contributed by atoms with E-state index in [0.29, 0.717) is 9.82 Å². The minimum atomic E-state index is -0.186. The zero-order chi connectivity index (χ0) is 13.3. The molecule has 0 saturated heterocycles. The summed E-state index contributed by atoms with van der Waals surface area (Å²) in [5.41, 5.74) is 2.14. The van der Waals surface area contributed by atoms with Gasteiger partial charge in [-0.15, -0.1) is 11.3 Å². The lowest BCUT2D eigenvalue weighted by Crippen LogP contribution is -2.13. The number of aryl methyl sites for hydroxylation is 1. The first-order valence-corrected chi connectivity index (χ1v) is 6.66. The fraction of sp³-hybridized carbons (Fsp3) is 0.231. The van der Waals surface area contributed by atoms with Gasteiger partial charge in [-0.05, 0) is 24.6 Å². The van der Waals surface area contributed by atoms with Gasteiger partial charge in [0.05, 0.1) is 5.69 Å². The summed E-state index contributed by atoms with van der Waals surface area (Å²) in [4.78, 5) is 16.9. The van der Waals surface area contributed by atoms with Crippen molar-refractivity contribution < 1.29 is 4.79 Å². The van der Waals surface area contributed by atoms with E-state index in [1.807, 2.05) is 42.8 Å². The molecule has 0 saturated carbocycles. The predicted molar refractivity (Wildman–Crippen MR) is 74.7 cm³/mol. The van der Waals surface area contributed by atoms with Crippen LogP contribution >= 0.6 is 22.9 Å². The summed E-state index contributed by atoms with van der Waals surface area (Å²) in [7, 11) is 1.91. The van der Waals surface area contributed by atoms with E-state index >= 15 is 0 Å². The number of carbonyl (C=O) groups excluding carboxylic acids is 1. The molecule has 0 N–H and O–H groups in total. The van der Waals surface area contributed by atoms with Crippen LogP contribution in [0, 0.1) is 6.92 Å². The molecule has 0 radical (unpaired) electrons. The average molecular weight is 281 g/mol. The highest BCUT2D eigenvalue weighted by Gasteiger charge is 2.10. The number of carbonyl (C=O) groups is 1. The van der Waals surface area contributed by atoms with Crippen molar-refractivity contribution >= 4 is 28.8 Å². The number of aromatic nitrogens is 1. The molecule has 2 rings (SSSR count). The fourth-order valence-corrected chi connectivity index (χ4v) is 2.98. The number of hydrogen-bond acceptors (Lipinski definition) is 2. The molecule has 3 nitrogen and oxygen atoms in total. The molecular weight excluding hydrogens is 268 g/mol. The maximum atomic E-state index is 11.1. The molecule has 0 bridgehead atoms. The number of amides is 1. The minimum absolute atomic E-state index is 0.186. The van der Waals surface area contributed by atoms with Crippen molar-refractivity contribution in [3.63, 3.8) is 0 Å². The van der Waals surface area contributed by atoms with Gasteiger partial charge in [-0.25, -0.2) is 0 Å². The van der Waals surface area contributed by atoms with Gasteiger partial charge >= 0.3 is 0 Å². The maximum absolute atomic E-state index is 11.1. The van der Waals surface area contributed by atoms with Crippen molar-refractivity contribution in [1.82, 2.24) is 4.57 Å². The molecular formula is C13H13ClN2OS. The predicted octanol–water partition coefficient (Wildman–Crippen LogP) is 3.16. The van der Waals surface area contributed by atoms with E-state index in [-0.39, 0.29) is 5.91 Å². The molecule has 5 heteroatoms. The van der Waals surface area contributed by atoms with Crippen molar-refractivity contribution in [2.45, 2.75) is 13.8 Å². The summed E-state index contributed by atoms with van der Waals surface area (Å²) in [6.45, 7) is 3.48. The Bertz CT molecular complexity index is 653. The first-order chi connectivity index (χ1) is 8.49. The molecule has 1 heterocycles. The van der Waals surface area contributed by atoms with Crippen LogP contribution in [0.2, 0.25) is 5.02 Å². The third-order valence-corrected chi connectivity index (χ3v) is 3.87.